The molecule has 1 aliphatic carbocycles. The van der Waals surface area contributed by atoms with Crippen molar-refractivity contribution >= 4 is 5.57 Å². The van der Waals surface area contributed by atoms with Gasteiger partial charge in [0.1, 0.15) is 5.82 Å². The first-order valence-corrected chi connectivity index (χ1v) is 4.52. The van der Waals surface area contributed by atoms with E-state index in [1.807, 2.05) is 19.3 Å². The lowest BCUT2D eigenvalue weighted by atomic mass is 10.0. The molecule has 1 aromatic heterocycles. The molecule has 0 bridgehead atoms. The van der Waals surface area contributed by atoms with Crippen molar-refractivity contribution in [1.82, 2.24) is 9.97 Å². The quantitative estimate of drug-likeness (QED) is 0.650. The number of allylic oxidation sites excluding steroid dienone is 4. The zero-order chi connectivity index (χ0) is 9.10. The standard InChI is InChI=1S/C11H12N2/c1-9-12-7-11(8-13-9)10-5-3-2-4-6-10/h3,5-8H,2,4H2,1H3. The lowest BCUT2D eigenvalue weighted by molar-refractivity contribution is 1.02. The maximum absolute atomic E-state index is 4.17. The molecule has 0 fully saturated rings. The number of nitrogens with zero attached hydrogens (tertiary/aromatic N) is 2. The van der Waals surface area contributed by atoms with Crippen LogP contribution in [0.5, 0.6) is 0 Å². The fraction of sp³-hybridized carbons (Fsp3) is 0.273. The molecule has 1 aliphatic rings. The third-order valence-electron chi connectivity index (χ3n) is 2.11. The van der Waals surface area contributed by atoms with Gasteiger partial charge in [-0.15, -0.1) is 0 Å². The van der Waals surface area contributed by atoms with E-state index in [2.05, 4.69) is 28.2 Å². The average molecular weight is 172 g/mol. The highest BCUT2D eigenvalue weighted by Gasteiger charge is 2.01. The fourth-order valence-corrected chi connectivity index (χ4v) is 1.37. The van der Waals surface area contributed by atoms with Crippen molar-refractivity contribution in [3.05, 3.63) is 42.0 Å². The van der Waals surface area contributed by atoms with Crippen molar-refractivity contribution in [2.75, 3.05) is 0 Å². The number of hydrogen-bond acceptors (Lipinski definition) is 2. The van der Waals surface area contributed by atoms with E-state index in [1.165, 1.54) is 5.57 Å². The highest BCUT2D eigenvalue weighted by atomic mass is 14.8. The number of hydrogen-bond donors (Lipinski definition) is 0. The monoisotopic (exact) mass is 172 g/mol. The van der Waals surface area contributed by atoms with Crippen molar-refractivity contribution in [2.45, 2.75) is 19.8 Å². The Morgan fingerprint density at radius 2 is 1.92 bits per heavy atom. The van der Waals surface area contributed by atoms with Crippen LogP contribution in [0.25, 0.3) is 5.57 Å². The van der Waals surface area contributed by atoms with Gasteiger partial charge < -0.3 is 0 Å². The van der Waals surface area contributed by atoms with Crippen LogP contribution in [-0.4, -0.2) is 9.97 Å². The Morgan fingerprint density at radius 3 is 2.54 bits per heavy atom. The number of aromatic nitrogens is 2. The molecule has 0 aromatic carbocycles. The van der Waals surface area contributed by atoms with Gasteiger partial charge in [0.25, 0.3) is 0 Å². The summed E-state index contributed by atoms with van der Waals surface area (Å²) in [6, 6.07) is 0. The van der Waals surface area contributed by atoms with Gasteiger partial charge in [-0.2, -0.15) is 0 Å². The van der Waals surface area contributed by atoms with Gasteiger partial charge in [0, 0.05) is 18.0 Å². The maximum Gasteiger partial charge on any atom is 0.125 e. The molecule has 0 saturated carbocycles. The van der Waals surface area contributed by atoms with E-state index >= 15 is 0 Å². The van der Waals surface area contributed by atoms with E-state index in [1.54, 1.807) is 0 Å². The molecule has 0 amide bonds. The molecule has 1 aromatic rings. The molecule has 0 spiro atoms. The summed E-state index contributed by atoms with van der Waals surface area (Å²) in [6.45, 7) is 1.90. The fourth-order valence-electron chi connectivity index (χ4n) is 1.37. The summed E-state index contributed by atoms with van der Waals surface area (Å²) < 4.78 is 0. The van der Waals surface area contributed by atoms with Crippen molar-refractivity contribution in [3.63, 3.8) is 0 Å². The molecule has 13 heavy (non-hydrogen) atoms. The topological polar surface area (TPSA) is 25.8 Å². The first-order chi connectivity index (χ1) is 6.36. The van der Waals surface area contributed by atoms with Crippen LogP contribution in [0, 0.1) is 6.92 Å². The second-order valence-corrected chi connectivity index (χ2v) is 3.16. The van der Waals surface area contributed by atoms with E-state index < -0.39 is 0 Å². The van der Waals surface area contributed by atoms with E-state index in [0.29, 0.717) is 0 Å². The van der Waals surface area contributed by atoms with Crippen molar-refractivity contribution in [2.24, 2.45) is 0 Å². The summed E-state index contributed by atoms with van der Waals surface area (Å²) in [4.78, 5) is 8.34. The largest absolute Gasteiger partial charge is 0.241 e. The van der Waals surface area contributed by atoms with Crippen LogP contribution in [0.15, 0.2) is 30.6 Å². The molecule has 0 atom stereocenters. The Labute approximate surface area is 78.0 Å². The van der Waals surface area contributed by atoms with Crippen LogP contribution in [0.1, 0.15) is 24.2 Å². The molecule has 0 aliphatic heterocycles. The predicted octanol–water partition coefficient (Wildman–Crippen LogP) is 2.52. The molecule has 2 nitrogen and oxygen atoms in total. The minimum absolute atomic E-state index is 0.823. The third kappa shape index (κ3) is 1.83. The van der Waals surface area contributed by atoms with E-state index in [9.17, 15) is 0 Å². The Morgan fingerprint density at radius 1 is 1.15 bits per heavy atom. The predicted molar refractivity (Wildman–Crippen MR) is 53.1 cm³/mol. The zero-order valence-corrected chi connectivity index (χ0v) is 7.70. The highest BCUT2D eigenvalue weighted by Crippen LogP contribution is 2.19. The zero-order valence-electron chi connectivity index (χ0n) is 7.70. The van der Waals surface area contributed by atoms with Gasteiger partial charge in [0.05, 0.1) is 0 Å². The molecular formula is C11H12N2. The van der Waals surface area contributed by atoms with Gasteiger partial charge >= 0.3 is 0 Å². The number of aryl methyl sites for hydroxylation is 1. The summed E-state index contributed by atoms with van der Waals surface area (Å²) >= 11 is 0. The third-order valence-corrected chi connectivity index (χ3v) is 2.11. The average Bonchev–Trinajstić information content (AvgIpc) is 2.20. The molecule has 66 valence electrons. The second kappa shape index (κ2) is 3.52. The van der Waals surface area contributed by atoms with Crippen LogP contribution in [0.3, 0.4) is 0 Å². The van der Waals surface area contributed by atoms with Crippen molar-refractivity contribution in [3.8, 4) is 0 Å². The minimum Gasteiger partial charge on any atom is -0.241 e. The van der Waals surface area contributed by atoms with E-state index in [4.69, 9.17) is 0 Å². The van der Waals surface area contributed by atoms with E-state index in [0.717, 1.165) is 24.2 Å². The van der Waals surface area contributed by atoms with Crippen LogP contribution in [-0.2, 0) is 0 Å². The Hall–Kier alpha value is -1.44. The highest BCUT2D eigenvalue weighted by molar-refractivity contribution is 5.73. The second-order valence-electron chi connectivity index (χ2n) is 3.16. The summed E-state index contributed by atoms with van der Waals surface area (Å²) in [5.74, 6) is 0.823. The Balaban J connectivity index is 2.30. The van der Waals surface area contributed by atoms with Gasteiger partial charge in [-0.3, -0.25) is 0 Å². The maximum atomic E-state index is 4.17. The molecule has 0 saturated heterocycles. The van der Waals surface area contributed by atoms with Gasteiger partial charge in [0.15, 0.2) is 0 Å². The van der Waals surface area contributed by atoms with E-state index in [-0.39, 0.29) is 0 Å². The summed E-state index contributed by atoms with van der Waals surface area (Å²) in [5.41, 5.74) is 2.35. The van der Waals surface area contributed by atoms with Gasteiger partial charge in [-0.05, 0) is 25.3 Å². The Bertz CT molecular complexity index is 347. The number of rotatable bonds is 1. The smallest absolute Gasteiger partial charge is 0.125 e. The minimum atomic E-state index is 0.823. The molecule has 2 heteroatoms. The SMILES string of the molecule is Cc1ncc(C2=CCCC=C2)cn1. The molecule has 1 heterocycles. The van der Waals surface area contributed by atoms with Crippen molar-refractivity contribution < 1.29 is 0 Å². The molecule has 0 radical (unpaired) electrons. The summed E-state index contributed by atoms with van der Waals surface area (Å²) in [7, 11) is 0. The van der Waals surface area contributed by atoms with Crippen LogP contribution < -0.4 is 0 Å². The van der Waals surface area contributed by atoms with Crippen LogP contribution >= 0.6 is 0 Å². The van der Waals surface area contributed by atoms with Crippen molar-refractivity contribution in [1.29, 1.82) is 0 Å². The van der Waals surface area contributed by atoms with Gasteiger partial charge in [-0.25, -0.2) is 9.97 Å². The Kier molecular flexibility index (Phi) is 2.21. The molecular weight excluding hydrogens is 160 g/mol. The first kappa shape index (κ1) is 8.17. The normalized spacial score (nSPS) is 15.6. The summed E-state index contributed by atoms with van der Waals surface area (Å²) in [5, 5.41) is 0. The molecule has 2 rings (SSSR count). The lowest BCUT2D eigenvalue weighted by Crippen LogP contribution is -1.91. The molecule has 0 N–H and O–H groups in total. The summed E-state index contributed by atoms with van der Waals surface area (Å²) in [6.07, 6.45) is 12.6. The van der Waals surface area contributed by atoms with Gasteiger partial charge in [-0.1, -0.05) is 18.2 Å². The van der Waals surface area contributed by atoms with Crippen LogP contribution in [0.4, 0.5) is 0 Å². The lowest BCUT2D eigenvalue weighted by Gasteiger charge is -2.05. The van der Waals surface area contributed by atoms with Gasteiger partial charge in [0.2, 0.25) is 0 Å². The molecule has 0 unspecified atom stereocenters. The van der Waals surface area contributed by atoms with Crippen LogP contribution in [0.2, 0.25) is 0 Å². The first-order valence-electron chi connectivity index (χ1n) is 4.52.